The van der Waals surface area contributed by atoms with Crippen molar-refractivity contribution in [1.29, 1.82) is 0 Å². The summed E-state index contributed by atoms with van der Waals surface area (Å²) in [6.07, 6.45) is 1.14. The van der Waals surface area contributed by atoms with Gasteiger partial charge in [-0.05, 0) is 63.1 Å². The fourth-order valence-electron chi connectivity index (χ4n) is 2.25. The molecule has 0 aliphatic rings. The minimum Gasteiger partial charge on any atom is -0.457 e. The number of hydrogen-bond donors (Lipinski definition) is 1. The number of rotatable bonds is 6. The average molecular weight is 283 g/mol. The minimum atomic E-state index is 0.843. The molecule has 0 fully saturated rings. The molecule has 0 unspecified atom stereocenters. The van der Waals surface area contributed by atoms with E-state index in [0.717, 1.165) is 31.0 Å². The Morgan fingerprint density at radius 2 is 1.76 bits per heavy atom. The van der Waals surface area contributed by atoms with Crippen LogP contribution in [0.4, 0.5) is 0 Å². The van der Waals surface area contributed by atoms with Crippen molar-refractivity contribution in [3.05, 3.63) is 58.7 Å². The van der Waals surface area contributed by atoms with E-state index in [4.69, 9.17) is 4.74 Å². The monoisotopic (exact) mass is 283 g/mol. The zero-order valence-corrected chi connectivity index (χ0v) is 13.5. The summed E-state index contributed by atoms with van der Waals surface area (Å²) in [6.45, 7) is 10.4. The summed E-state index contributed by atoms with van der Waals surface area (Å²) in [5.41, 5.74) is 5.01. The predicted molar refractivity (Wildman–Crippen MR) is 89.2 cm³/mol. The second kappa shape index (κ2) is 7.28. The van der Waals surface area contributed by atoms with E-state index in [2.05, 4.69) is 63.3 Å². The predicted octanol–water partition coefficient (Wildman–Crippen LogP) is 4.90. The Bertz CT molecular complexity index is 605. The van der Waals surface area contributed by atoms with E-state index in [-0.39, 0.29) is 0 Å². The fourth-order valence-corrected chi connectivity index (χ4v) is 2.25. The minimum absolute atomic E-state index is 0.843. The Morgan fingerprint density at radius 1 is 0.952 bits per heavy atom. The molecule has 0 bridgehead atoms. The molecule has 0 saturated heterocycles. The van der Waals surface area contributed by atoms with E-state index < -0.39 is 0 Å². The molecule has 1 N–H and O–H groups in total. The lowest BCUT2D eigenvalue weighted by Gasteiger charge is -2.13. The summed E-state index contributed by atoms with van der Waals surface area (Å²) in [5, 5.41) is 3.45. The molecule has 2 heteroatoms. The molecule has 0 spiro atoms. The highest BCUT2D eigenvalue weighted by Gasteiger charge is 2.06. The fraction of sp³-hybridized carbons (Fsp3) is 0.368. The van der Waals surface area contributed by atoms with Gasteiger partial charge in [0.05, 0.1) is 0 Å². The molecule has 0 aliphatic heterocycles. The number of hydrogen-bond acceptors (Lipinski definition) is 2. The van der Waals surface area contributed by atoms with Gasteiger partial charge in [-0.25, -0.2) is 0 Å². The maximum absolute atomic E-state index is 6.09. The van der Waals surface area contributed by atoms with Crippen molar-refractivity contribution in [1.82, 2.24) is 5.32 Å². The Morgan fingerprint density at radius 3 is 2.48 bits per heavy atom. The number of ether oxygens (including phenoxy) is 1. The largest absolute Gasteiger partial charge is 0.457 e. The van der Waals surface area contributed by atoms with Crippen molar-refractivity contribution in [2.24, 2.45) is 0 Å². The van der Waals surface area contributed by atoms with Gasteiger partial charge >= 0.3 is 0 Å². The molecular formula is C19H25NO. The van der Waals surface area contributed by atoms with Gasteiger partial charge in [0, 0.05) is 12.1 Å². The lowest BCUT2D eigenvalue weighted by atomic mass is 10.1. The van der Waals surface area contributed by atoms with Crippen LogP contribution < -0.4 is 10.1 Å². The molecule has 2 aromatic rings. The van der Waals surface area contributed by atoms with E-state index in [1.165, 1.54) is 22.3 Å². The number of benzene rings is 2. The van der Waals surface area contributed by atoms with Crippen LogP contribution in [-0.4, -0.2) is 6.54 Å². The van der Waals surface area contributed by atoms with Crippen LogP contribution in [0.3, 0.4) is 0 Å². The molecule has 0 atom stereocenters. The van der Waals surface area contributed by atoms with Crippen molar-refractivity contribution in [3.8, 4) is 11.5 Å². The summed E-state index contributed by atoms with van der Waals surface area (Å²) < 4.78 is 6.09. The summed E-state index contributed by atoms with van der Waals surface area (Å²) in [5.74, 6) is 1.84. The second-order valence-corrected chi connectivity index (χ2v) is 5.64. The lowest BCUT2D eigenvalue weighted by Crippen LogP contribution is -2.14. The van der Waals surface area contributed by atoms with Gasteiger partial charge in [-0.1, -0.05) is 30.7 Å². The zero-order valence-electron chi connectivity index (χ0n) is 13.5. The Hall–Kier alpha value is -1.80. The van der Waals surface area contributed by atoms with Crippen LogP contribution in [0.5, 0.6) is 11.5 Å². The van der Waals surface area contributed by atoms with Crippen molar-refractivity contribution < 1.29 is 4.74 Å². The van der Waals surface area contributed by atoms with Crippen LogP contribution in [0.15, 0.2) is 36.4 Å². The first-order valence-electron chi connectivity index (χ1n) is 7.65. The van der Waals surface area contributed by atoms with E-state index >= 15 is 0 Å². The number of nitrogens with one attached hydrogen (secondary N) is 1. The van der Waals surface area contributed by atoms with Crippen LogP contribution in [0, 0.1) is 20.8 Å². The van der Waals surface area contributed by atoms with Gasteiger partial charge in [0.1, 0.15) is 11.5 Å². The molecule has 112 valence electrons. The Balaban J connectivity index is 2.19. The Kier molecular flexibility index (Phi) is 5.40. The van der Waals surface area contributed by atoms with Crippen LogP contribution in [0.1, 0.15) is 35.6 Å². The van der Waals surface area contributed by atoms with E-state index in [9.17, 15) is 0 Å². The molecular weight excluding hydrogens is 258 g/mol. The second-order valence-electron chi connectivity index (χ2n) is 5.64. The molecule has 2 nitrogen and oxygen atoms in total. The molecule has 0 heterocycles. The highest BCUT2D eigenvalue weighted by Crippen LogP contribution is 2.27. The van der Waals surface area contributed by atoms with Gasteiger partial charge in [-0.2, -0.15) is 0 Å². The lowest BCUT2D eigenvalue weighted by molar-refractivity contribution is 0.472. The van der Waals surface area contributed by atoms with Crippen LogP contribution >= 0.6 is 0 Å². The van der Waals surface area contributed by atoms with Crippen LogP contribution in [0.25, 0.3) is 0 Å². The third kappa shape index (κ3) is 4.33. The van der Waals surface area contributed by atoms with Crippen LogP contribution in [-0.2, 0) is 6.54 Å². The van der Waals surface area contributed by atoms with Gasteiger partial charge in [0.15, 0.2) is 0 Å². The van der Waals surface area contributed by atoms with Crippen molar-refractivity contribution in [2.75, 3.05) is 6.54 Å². The van der Waals surface area contributed by atoms with Gasteiger partial charge in [0.2, 0.25) is 0 Å². The van der Waals surface area contributed by atoms with E-state index in [1.807, 2.05) is 6.07 Å². The molecule has 0 saturated carbocycles. The summed E-state index contributed by atoms with van der Waals surface area (Å²) in [7, 11) is 0. The van der Waals surface area contributed by atoms with Crippen LogP contribution in [0.2, 0.25) is 0 Å². The molecule has 0 aromatic heterocycles. The Labute approximate surface area is 128 Å². The maximum atomic E-state index is 6.09. The molecule has 0 aliphatic carbocycles. The van der Waals surface area contributed by atoms with Gasteiger partial charge in [-0.3, -0.25) is 0 Å². The van der Waals surface area contributed by atoms with Gasteiger partial charge < -0.3 is 10.1 Å². The van der Waals surface area contributed by atoms with E-state index in [1.54, 1.807) is 0 Å². The topological polar surface area (TPSA) is 21.3 Å². The molecule has 0 amide bonds. The summed E-state index contributed by atoms with van der Waals surface area (Å²) in [6, 6.07) is 12.6. The van der Waals surface area contributed by atoms with Gasteiger partial charge in [0.25, 0.3) is 0 Å². The molecule has 2 rings (SSSR count). The molecule has 21 heavy (non-hydrogen) atoms. The first-order valence-corrected chi connectivity index (χ1v) is 7.65. The van der Waals surface area contributed by atoms with E-state index in [0.29, 0.717) is 0 Å². The number of aryl methyl sites for hydroxylation is 3. The third-order valence-corrected chi connectivity index (χ3v) is 3.66. The smallest absolute Gasteiger partial charge is 0.131 e. The third-order valence-electron chi connectivity index (χ3n) is 3.66. The van der Waals surface area contributed by atoms with Crippen molar-refractivity contribution in [3.63, 3.8) is 0 Å². The molecule has 2 aromatic carbocycles. The highest BCUT2D eigenvalue weighted by atomic mass is 16.5. The summed E-state index contributed by atoms with van der Waals surface area (Å²) >= 11 is 0. The standard InChI is InChI=1S/C19H25NO/c1-5-10-20-13-17-11-14(2)6-9-19(17)21-18-8-7-15(3)16(4)12-18/h6-9,11-12,20H,5,10,13H2,1-4H3. The van der Waals surface area contributed by atoms with Crippen molar-refractivity contribution in [2.45, 2.75) is 40.7 Å². The first-order chi connectivity index (χ1) is 10.1. The highest BCUT2D eigenvalue weighted by molar-refractivity contribution is 5.42. The SMILES string of the molecule is CCCNCc1cc(C)ccc1Oc1ccc(C)c(C)c1. The quantitative estimate of drug-likeness (QED) is 0.761. The zero-order chi connectivity index (χ0) is 15.2. The summed E-state index contributed by atoms with van der Waals surface area (Å²) in [4.78, 5) is 0. The van der Waals surface area contributed by atoms with Gasteiger partial charge in [-0.15, -0.1) is 0 Å². The normalized spacial score (nSPS) is 10.7. The van der Waals surface area contributed by atoms with Crippen molar-refractivity contribution >= 4 is 0 Å². The first kappa shape index (κ1) is 15.6. The molecule has 0 radical (unpaired) electrons. The maximum Gasteiger partial charge on any atom is 0.131 e. The average Bonchev–Trinajstić information content (AvgIpc) is 2.46.